The molecule has 2 fully saturated rings. The summed E-state index contributed by atoms with van der Waals surface area (Å²) in [6.45, 7) is 2.60. The van der Waals surface area contributed by atoms with E-state index >= 15 is 0 Å². The Balaban J connectivity index is 1.85. The lowest BCUT2D eigenvalue weighted by atomic mass is 9.77. The molecule has 2 nitrogen and oxygen atoms in total. The first-order chi connectivity index (χ1) is 9.31. The van der Waals surface area contributed by atoms with E-state index in [-0.39, 0.29) is 11.9 Å². The van der Waals surface area contributed by atoms with Crippen molar-refractivity contribution in [1.82, 2.24) is 0 Å². The van der Waals surface area contributed by atoms with Crippen molar-refractivity contribution in [2.24, 2.45) is 5.92 Å². The molecule has 1 aromatic carbocycles. The Bertz CT molecular complexity index is 458. The smallest absolute Gasteiger partial charge is 0.192 e. The molecule has 2 heteroatoms. The molecule has 0 saturated heterocycles. The van der Waals surface area contributed by atoms with E-state index in [1.165, 1.54) is 24.8 Å². The van der Waals surface area contributed by atoms with E-state index in [2.05, 4.69) is 12.1 Å². The summed E-state index contributed by atoms with van der Waals surface area (Å²) >= 11 is 0. The van der Waals surface area contributed by atoms with Crippen LogP contribution in [0.3, 0.4) is 0 Å². The fourth-order valence-electron chi connectivity index (χ4n) is 2.95. The number of carbonyl (C=O) groups is 1. The molecule has 0 aromatic heterocycles. The number of ether oxygens (including phenoxy) is 1. The lowest BCUT2D eigenvalue weighted by Gasteiger charge is -2.28. The van der Waals surface area contributed by atoms with Crippen LogP contribution in [0.2, 0.25) is 0 Å². The molecule has 3 rings (SSSR count). The molecule has 19 heavy (non-hydrogen) atoms. The van der Waals surface area contributed by atoms with Crippen LogP contribution < -0.4 is 0 Å². The summed E-state index contributed by atoms with van der Waals surface area (Å²) < 4.78 is 5.72. The van der Waals surface area contributed by atoms with Crippen molar-refractivity contribution < 1.29 is 9.53 Å². The summed E-state index contributed by atoms with van der Waals surface area (Å²) in [4.78, 5) is 12.8. The van der Waals surface area contributed by atoms with Crippen LogP contribution in [0, 0.1) is 5.92 Å². The maximum absolute atomic E-state index is 12.8. The van der Waals surface area contributed by atoms with Gasteiger partial charge in [0.1, 0.15) is 6.10 Å². The number of Topliss-reactive ketones (excluding diaryl/α,β-unsaturated/α-hetero) is 1. The highest BCUT2D eigenvalue weighted by atomic mass is 16.5. The lowest BCUT2D eigenvalue weighted by Crippen LogP contribution is -2.28. The van der Waals surface area contributed by atoms with Crippen molar-refractivity contribution in [3.8, 4) is 0 Å². The third-order valence-corrected chi connectivity index (χ3v) is 4.43. The topological polar surface area (TPSA) is 26.3 Å². The molecule has 102 valence electrons. The number of carbonyl (C=O) groups excluding carboxylic acids is 1. The summed E-state index contributed by atoms with van der Waals surface area (Å²) in [6.07, 6.45) is 5.83. The van der Waals surface area contributed by atoms with Gasteiger partial charge in [-0.25, -0.2) is 0 Å². The summed E-state index contributed by atoms with van der Waals surface area (Å²) in [5, 5.41) is 0. The first kappa shape index (κ1) is 12.9. The van der Waals surface area contributed by atoms with Crippen LogP contribution >= 0.6 is 0 Å². The molecule has 2 aliphatic carbocycles. The lowest BCUT2D eigenvalue weighted by molar-refractivity contribution is 0.0373. The van der Waals surface area contributed by atoms with Crippen LogP contribution in [0.1, 0.15) is 60.9 Å². The van der Waals surface area contributed by atoms with E-state index in [0.29, 0.717) is 18.4 Å². The van der Waals surface area contributed by atoms with E-state index in [1.54, 1.807) is 0 Å². The molecule has 0 amide bonds. The predicted molar refractivity (Wildman–Crippen MR) is 75.5 cm³/mol. The van der Waals surface area contributed by atoms with Gasteiger partial charge in [-0.3, -0.25) is 4.79 Å². The number of hydrogen-bond acceptors (Lipinski definition) is 2. The fourth-order valence-corrected chi connectivity index (χ4v) is 2.95. The van der Waals surface area contributed by atoms with Crippen LogP contribution in [0.5, 0.6) is 0 Å². The number of ketones is 1. The zero-order valence-electron chi connectivity index (χ0n) is 11.6. The monoisotopic (exact) mass is 258 g/mol. The average molecular weight is 258 g/mol. The van der Waals surface area contributed by atoms with Crippen molar-refractivity contribution in [3.05, 3.63) is 35.4 Å². The Hall–Kier alpha value is -1.15. The van der Waals surface area contributed by atoms with Crippen LogP contribution in [-0.4, -0.2) is 18.5 Å². The first-order valence-corrected chi connectivity index (χ1v) is 7.56. The Morgan fingerprint density at radius 2 is 2.00 bits per heavy atom. The quantitative estimate of drug-likeness (QED) is 0.722. The van der Waals surface area contributed by atoms with Gasteiger partial charge in [0.05, 0.1) is 0 Å². The molecule has 0 aliphatic heterocycles. The predicted octanol–water partition coefficient (Wildman–Crippen LogP) is 3.95. The van der Waals surface area contributed by atoms with Gasteiger partial charge in [-0.15, -0.1) is 0 Å². The Kier molecular flexibility index (Phi) is 3.69. The van der Waals surface area contributed by atoms with Crippen LogP contribution in [0.4, 0.5) is 0 Å². The Morgan fingerprint density at radius 3 is 2.58 bits per heavy atom. The second-order valence-corrected chi connectivity index (χ2v) is 5.79. The average Bonchev–Trinajstić information content (AvgIpc) is 3.18. The maximum atomic E-state index is 12.8. The minimum atomic E-state index is -0.203. The van der Waals surface area contributed by atoms with Gasteiger partial charge in [-0.1, -0.05) is 30.7 Å². The SMILES string of the molecule is CCOC(C(=O)c1ccccc1C1CCC1)C1CC1. The van der Waals surface area contributed by atoms with Crippen molar-refractivity contribution in [1.29, 1.82) is 0 Å². The first-order valence-electron chi connectivity index (χ1n) is 7.56. The summed E-state index contributed by atoms with van der Waals surface area (Å²) in [7, 11) is 0. The zero-order chi connectivity index (χ0) is 13.2. The van der Waals surface area contributed by atoms with Gasteiger partial charge in [0.2, 0.25) is 0 Å². The molecular formula is C17H22O2. The Morgan fingerprint density at radius 1 is 1.26 bits per heavy atom. The number of rotatable bonds is 6. The largest absolute Gasteiger partial charge is 0.370 e. The van der Waals surface area contributed by atoms with E-state index in [4.69, 9.17) is 4.74 Å². The van der Waals surface area contributed by atoms with Crippen molar-refractivity contribution in [3.63, 3.8) is 0 Å². The molecule has 0 N–H and O–H groups in total. The molecule has 1 atom stereocenters. The standard InChI is InChI=1S/C17H22O2/c1-2-19-17(13-10-11-13)16(18)15-9-4-3-8-14(15)12-6-5-7-12/h3-4,8-9,12-13,17H,2,5-7,10-11H2,1H3. The van der Waals surface area contributed by atoms with Crippen molar-refractivity contribution in [2.75, 3.05) is 6.61 Å². The van der Waals surface area contributed by atoms with E-state index in [9.17, 15) is 4.79 Å². The molecule has 2 aliphatic rings. The second-order valence-electron chi connectivity index (χ2n) is 5.79. The highest BCUT2D eigenvalue weighted by molar-refractivity contribution is 6.01. The summed E-state index contributed by atoms with van der Waals surface area (Å²) in [5.41, 5.74) is 2.17. The number of hydrogen-bond donors (Lipinski definition) is 0. The second kappa shape index (κ2) is 5.46. The van der Waals surface area contributed by atoms with Crippen LogP contribution in [0.15, 0.2) is 24.3 Å². The summed E-state index contributed by atoms with van der Waals surface area (Å²) in [5.74, 6) is 1.27. The van der Waals surface area contributed by atoms with E-state index in [1.807, 2.05) is 19.1 Å². The highest BCUT2D eigenvalue weighted by Gasteiger charge is 2.38. The molecule has 1 unspecified atom stereocenters. The van der Waals surface area contributed by atoms with Gasteiger partial charge in [-0.05, 0) is 50.0 Å². The minimum Gasteiger partial charge on any atom is -0.370 e. The molecule has 0 heterocycles. The third kappa shape index (κ3) is 2.59. The molecular weight excluding hydrogens is 236 g/mol. The molecule has 2 saturated carbocycles. The van der Waals surface area contributed by atoms with Crippen molar-refractivity contribution >= 4 is 5.78 Å². The van der Waals surface area contributed by atoms with Gasteiger partial charge < -0.3 is 4.74 Å². The zero-order valence-corrected chi connectivity index (χ0v) is 11.6. The minimum absolute atomic E-state index is 0.203. The maximum Gasteiger partial charge on any atom is 0.192 e. The highest BCUT2D eigenvalue weighted by Crippen LogP contribution is 2.40. The van der Waals surface area contributed by atoms with Gasteiger partial charge in [-0.2, -0.15) is 0 Å². The van der Waals surface area contributed by atoms with Crippen LogP contribution in [-0.2, 0) is 4.74 Å². The van der Waals surface area contributed by atoms with Gasteiger partial charge in [0.25, 0.3) is 0 Å². The normalized spacial score (nSPS) is 20.9. The van der Waals surface area contributed by atoms with E-state index in [0.717, 1.165) is 18.4 Å². The number of benzene rings is 1. The van der Waals surface area contributed by atoms with E-state index < -0.39 is 0 Å². The van der Waals surface area contributed by atoms with Crippen LogP contribution in [0.25, 0.3) is 0 Å². The van der Waals surface area contributed by atoms with Gasteiger partial charge >= 0.3 is 0 Å². The van der Waals surface area contributed by atoms with Crippen molar-refractivity contribution in [2.45, 2.75) is 51.0 Å². The molecule has 0 spiro atoms. The molecule has 1 aromatic rings. The third-order valence-electron chi connectivity index (χ3n) is 4.43. The van der Waals surface area contributed by atoms with Gasteiger partial charge in [0.15, 0.2) is 5.78 Å². The molecule has 0 radical (unpaired) electrons. The summed E-state index contributed by atoms with van der Waals surface area (Å²) in [6, 6.07) is 8.15. The van der Waals surface area contributed by atoms with Gasteiger partial charge in [0, 0.05) is 12.2 Å². The molecule has 0 bridgehead atoms. The fraction of sp³-hybridized carbons (Fsp3) is 0.588. The Labute approximate surface area is 115 Å².